The lowest BCUT2D eigenvalue weighted by Gasteiger charge is -2.34. The molecule has 2 rings (SSSR count). The average molecular weight is 309 g/mol. The lowest BCUT2D eigenvalue weighted by molar-refractivity contribution is -0.134. The van der Waals surface area contributed by atoms with Gasteiger partial charge in [-0.05, 0) is 24.4 Å². The van der Waals surface area contributed by atoms with Crippen LogP contribution in [-0.4, -0.2) is 60.7 Å². The van der Waals surface area contributed by atoms with E-state index in [-0.39, 0.29) is 12.5 Å². The molecule has 0 atom stereocenters. The Labute approximate surface area is 129 Å². The van der Waals surface area contributed by atoms with Crippen LogP contribution in [0, 0.1) is 0 Å². The van der Waals surface area contributed by atoms with Gasteiger partial charge in [0.05, 0.1) is 7.11 Å². The third-order valence-corrected chi connectivity index (χ3v) is 3.62. The average Bonchev–Trinajstić information content (AvgIpc) is 2.52. The van der Waals surface area contributed by atoms with Crippen LogP contribution in [-0.2, 0) is 4.79 Å². The lowest BCUT2D eigenvalue weighted by Crippen LogP contribution is -2.52. The van der Waals surface area contributed by atoms with Crippen LogP contribution in [0.5, 0.6) is 11.5 Å². The molecule has 1 aliphatic heterocycles. The zero-order valence-corrected chi connectivity index (χ0v) is 12.8. The van der Waals surface area contributed by atoms with Crippen molar-refractivity contribution < 1.29 is 14.3 Å². The van der Waals surface area contributed by atoms with Crippen LogP contribution in [0.4, 0.5) is 0 Å². The van der Waals surface area contributed by atoms with Crippen molar-refractivity contribution in [1.82, 2.24) is 9.80 Å². The molecule has 21 heavy (non-hydrogen) atoms. The number of methoxy groups -OCH3 is 1. The maximum Gasteiger partial charge on any atom is 0.260 e. The Morgan fingerprint density at radius 1 is 1.19 bits per heavy atom. The van der Waals surface area contributed by atoms with Gasteiger partial charge in [0.1, 0.15) is 0 Å². The molecule has 1 saturated heterocycles. The Morgan fingerprint density at radius 2 is 1.76 bits per heavy atom. The molecule has 7 heteroatoms. The second-order valence-corrected chi connectivity index (χ2v) is 5.06. The molecule has 114 valence electrons. The number of carbonyl (C=O) groups is 1. The highest BCUT2D eigenvalue weighted by Crippen LogP contribution is 2.25. The zero-order valence-electron chi connectivity index (χ0n) is 11.9. The number of rotatable bonds is 4. The predicted molar refractivity (Wildman–Crippen MR) is 83.4 cm³/mol. The molecule has 0 saturated carbocycles. The summed E-state index contributed by atoms with van der Waals surface area (Å²) in [6.07, 6.45) is 0. The highest BCUT2D eigenvalue weighted by molar-refractivity contribution is 7.80. The summed E-state index contributed by atoms with van der Waals surface area (Å²) in [5.74, 6) is 1.13. The molecule has 1 aromatic rings. The van der Waals surface area contributed by atoms with E-state index in [0.29, 0.717) is 42.8 Å². The molecule has 0 unspecified atom stereocenters. The summed E-state index contributed by atoms with van der Waals surface area (Å²) in [6.45, 7) is 2.52. The molecular formula is C14H19N3O3S. The molecule has 6 nitrogen and oxygen atoms in total. The minimum absolute atomic E-state index is 0.00650. The Balaban J connectivity index is 1.84. The number of piperazine rings is 1. The molecule has 1 aliphatic rings. The number of hydrogen-bond acceptors (Lipinski definition) is 4. The van der Waals surface area contributed by atoms with E-state index in [1.54, 1.807) is 24.1 Å². The first kappa shape index (κ1) is 15.4. The summed E-state index contributed by atoms with van der Waals surface area (Å²) in [4.78, 5) is 15.8. The van der Waals surface area contributed by atoms with Crippen molar-refractivity contribution in [3.63, 3.8) is 0 Å². The number of para-hydroxylation sites is 2. The van der Waals surface area contributed by atoms with Gasteiger partial charge in [-0.3, -0.25) is 4.79 Å². The standard InChI is InChI=1S/C14H19N3O3S/c1-19-11-4-2-3-5-12(11)20-10-13(18)16-6-8-17(9-7-16)14(15)21/h2-5H,6-10H2,1H3,(H2,15,21). The van der Waals surface area contributed by atoms with Gasteiger partial charge in [-0.25, -0.2) is 0 Å². The number of benzene rings is 1. The molecule has 2 N–H and O–H groups in total. The van der Waals surface area contributed by atoms with Gasteiger partial charge in [0.15, 0.2) is 23.2 Å². The van der Waals surface area contributed by atoms with E-state index in [9.17, 15) is 4.79 Å². The van der Waals surface area contributed by atoms with Crippen LogP contribution in [0.1, 0.15) is 0 Å². The lowest BCUT2D eigenvalue weighted by atomic mass is 10.3. The van der Waals surface area contributed by atoms with E-state index in [2.05, 4.69) is 0 Å². The molecule has 0 aromatic heterocycles. The number of nitrogens with zero attached hydrogens (tertiary/aromatic N) is 2. The number of carbonyl (C=O) groups excluding carboxylic acids is 1. The number of nitrogens with two attached hydrogens (primary N) is 1. The van der Waals surface area contributed by atoms with Crippen molar-refractivity contribution in [2.24, 2.45) is 5.73 Å². The first-order valence-corrected chi connectivity index (χ1v) is 7.10. The minimum Gasteiger partial charge on any atom is -0.493 e. The van der Waals surface area contributed by atoms with Crippen LogP contribution in [0.15, 0.2) is 24.3 Å². The molecular weight excluding hydrogens is 290 g/mol. The van der Waals surface area contributed by atoms with Crippen molar-refractivity contribution in [2.75, 3.05) is 39.9 Å². The maximum absolute atomic E-state index is 12.1. The van der Waals surface area contributed by atoms with Crippen molar-refractivity contribution in [3.05, 3.63) is 24.3 Å². The fourth-order valence-corrected chi connectivity index (χ4v) is 2.33. The molecule has 0 spiro atoms. The molecule has 1 fully saturated rings. The normalized spacial score (nSPS) is 14.7. The maximum atomic E-state index is 12.1. The van der Waals surface area contributed by atoms with Gasteiger partial charge in [0.2, 0.25) is 0 Å². The van der Waals surface area contributed by atoms with Gasteiger partial charge in [-0.1, -0.05) is 12.1 Å². The van der Waals surface area contributed by atoms with E-state index in [0.717, 1.165) is 0 Å². The number of thiocarbonyl (C=S) groups is 1. The van der Waals surface area contributed by atoms with Crippen molar-refractivity contribution in [3.8, 4) is 11.5 Å². The number of ether oxygens (including phenoxy) is 2. The van der Waals surface area contributed by atoms with Gasteiger partial charge in [-0.15, -0.1) is 0 Å². The topological polar surface area (TPSA) is 68.0 Å². The summed E-state index contributed by atoms with van der Waals surface area (Å²) in [6, 6.07) is 7.25. The van der Waals surface area contributed by atoms with E-state index < -0.39 is 0 Å². The van der Waals surface area contributed by atoms with Gasteiger partial charge >= 0.3 is 0 Å². The Morgan fingerprint density at radius 3 is 2.33 bits per heavy atom. The monoisotopic (exact) mass is 309 g/mol. The fraction of sp³-hybridized carbons (Fsp3) is 0.429. The Kier molecular flexibility index (Phi) is 5.21. The molecule has 1 heterocycles. The van der Waals surface area contributed by atoms with E-state index >= 15 is 0 Å². The zero-order chi connectivity index (χ0) is 15.2. The quantitative estimate of drug-likeness (QED) is 0.815. The predicted octanol–water partition coefficient (Wildman–Crippen LogP) is 0.462. The highest BCUT2D eigenvalue weighted by Gasteiger charge is 2.22. The summed E-state index contributed by atoms with van der Waals surface area (Å²) in [5, 5.41) is 0.382. The van der Waals surface area contributed by atoms with Crippen molar-refractivity contribution >= 4 is 23.2 Å². The molecule has 0 bridgehead atoms. The summed E-state index contributed by atoms with van der Waals surface area (Å²) < 4.78 is 10.7. The molecule has 0 aliphatic carbocycles. The summed E-state index contributed by atoms with van der Waals surface area (Å²) >= 11 is 4.92. The number of amides is 1. The smallest absolute Gasteiger partial charge is 0.260 e. The van der Waals surface area contributed by atoms with Gasteiger partial charge < -0.3 is 25.0 Å². The highest BCUT2D eigenvalue weighted by atomic mass is 32.1. The third kappa shape index (κ3) is 3.98. The summed E-state index contributed by atoms with van der Waals surface area (Å²) in [7, 11) is 1.57. The fourth-order valence-electron chi connectivity index (χ4n) is 2.15. The summed E-state index contributed by atoms with van der Waals surface area (Å²) in [5.41, 5.74) is 5.57. The van der Waals surface area contributed by atoms with E-state index in [1.807, 2.05) is 17.0 Å². The van der Waals surface area contributed by atoms with Crippen LogP contribution in [0.2, 0.25) is 0 Å². The van der Waals surface area contributed by atoms with E-state index in [1.165, 1.54) is 0 Å². The second-order valence-electron chi connectivity index (χ2n) is 4.65. The first-order valence-electron chi connectivity index (χ1n) is 6.70. The van der Waals surface area contributed by atoms with Crippen molar-refractivity contribution in [1.29, 1.82) is 0 Å². The largest absolute Gasteiger partial charge is 0.493 e. The Hall–Kier alpha value is -2.02. The Bertz CT molecular complexity index is 516. The van der Waals surface area contributed by atoms with Crippen LogP contribution in [0.25, 0.3) is 0 Å². The molecule has 1 aromatic carbocycles. The van der Waals surface area contributed by atoms with Gasteiger partial charge in [0.25, 0.3) is 5.91 Å². The first-order chi connectivity index (χ1) is 10.1. The van der Waals surface area contributed by atoms with Crippen LogP contribution in [0.3, 0.4) is 0 Å². The van der Waals surface area contributed by atoms with E-state index in [4.69, 9.17) is 27.4 Å². The van der Waals surface area contributed by atoms with Crippen LogP contribution < -0.4 is 15.2 Å². The molecule has 1 amide bonds. The number of hydrogen-bond donors (Lipinski definition) is 1. The van der Waals surface area contributed by atoms with Gasteiger partial charge in [-0.2, -0.15) is 0 Å². The second kappa shape index (κ2) is 7.12. The SMILES string of the molecule is COc1ccccc1OCC(=O)N1CCN(C(N)=S)CC1. The third-order valence-electron chi connectivity index (χ3n) is 3.36. The molecule has 0 radical (unpaired) electrons. The minimum atomic E-state index is -0.0523. The van der Waals surface area contributed by atoms with Gasteiger partial charge in [0, 0.05) is 26.2 Å². The van der Waals surface area contributed by atoms with Crippen LogP contribution >= 0.6 is 12.2 Å². The van der Waals surface area contributed by atoms with Crippen molar-refractivity contribution in [2.45, 2.75) is 0 Å².